The summed E-state index contributed by atoms with van der Waals surface area (Å²) >= 11 is 1.63. The lowest BCUT2D eigenvalue weighted by atomic mass is 10.00. The predicted octanol–water partition coefficient (Wildman–Crippen LogP) is 5.30. The van der Waals surface area contributed by atoms with Crippen molar-refractivity contribution in [1.29, 1.82) is 0 Å². The van der Waals surface area contributed by atoms with Crippen molar-refractivity contribution in [2.24, 2.45) is 0 Å². The number of nitrogens with zero attached hydrogens (tertiary/aromatic N) is 2. The van der Waals surface area contributed by atoms with Gasteiger partial charge in [0.15, 0.2) is 0 Å². The van der Waals surface area contributed by atoms with Crippen molar-refractivity contribution in [2.75, 3.05) is 44.6 Å². The van der Waals surface area contributed by atoms with Gasteiger partial charge in [0.25, 0.3) is 5.91 Å². The van der Waals surface area contributed by atoms with Crippen LogP contribution in [0, 0.1) is 0 Å². The van der Waals surface area contributed by atoms with Gasteiger partial charge < -0.3 is 20.4 Å². The number of benzene rings is 2. The predicted molar refractivity (Wildman–Crippen MR) is 141 cm³/mol. The lowest BCUT2D eigenvalue weighted by molar-refractivity contribution is 0.0922. The second-order valence-corrected chi connectivity index (χ2v) is 10.8. The van der Waals surface area contributed by atoms with Crippen LogP contribution in [-0.2, 0) is 0 Å². The van der Waals surface area contributed by atoms with Gasteiger partial charge in [-0.2, -0.15) is 0 Å². The summed E-state index contributed by atoms with van der Waals surface area (Å²) < 4.78 is 0. The first-order valence-electron chi connectivity index (χ1n) is 12.8. The van der Waals surface area contributed by atoms with Gasteiger partial charge in [0.1, 0.15) is 0 Å². The largest absolute Gasteiger partial charge is 0.385 e. The number of rotatable bonds is 7. The number of nitrogens with one attached hydrogen (secondary N) is 2. The molecular formula is C28H36N4OS. The SMILES string of the molecule is C=C(NCCCN1CCC(N2CCCCC2)CC1)c1ccc2c(c1)NC(=O)c1ccccc1S2. The lowest BCUT2D eigenvalue weighted by Gasteiger charge is -2.40. The van der Waals surface area contributed by atoms with E-state index < -0.39 is 0 Å². The average molecular weight is 477 g/mol. The molecule has 0 atom stereocenters. The van der Waals surface area contributed by atoms with E-state index in [1.54, 1.807) is 11.8 Å². The summed E-state index contributed by atoms with van der Waals surface area (Å²) in [5, 5.41) is 6.57. The molecule has 2 aromatic carbocycles. The monoisotopic (exact) mass is 476 g/mol. The molecule has 180 valence electrons. The molecule has 0 aliphatic carbocycles. The third kappa shape index (κ3) is 5.51. The van der Waals surface area contributed by atoms with Crippen LogP contribution in [0.1, 0.15) is 54.4 Å². The normalized spacial score (nSPS) is 19.6. The van der Waals surface area contributed by atoms with Gasteiger partial charge >= 0.3 is 0 Å². The molecule has 2 N–H and O–H groups in total. The van der Waals surface area contributed by atoms with Crippen LogP contribution in [0.25, 0.3) is 5.70 Å². The van der Waals surface area contributed by atoms with Crippen LogP contribution in [0.15, 0.2) is 58.8 Å². The molecule has 3 heterocycles. The first-order chi connectivity index (χ1) is 16.7. The molecule has 2 saturated heterocycles. The molecule has 5 nitrogen and oxygen atoms in total. The summed E-state index contributed by atoms with van der Waals surface area (Å²) in [7, 11) is 0. The maximum atomic E-state index is 12.7. The van der Waals surface area contributed by atoms with Crippen LogP contribution < -0.4 is 10.6 Å². The van der Waals surface area contributed by atoms with Crippen LogP contribution in [0.3, 0.4) is 0 Å². The van der Waals surface area contributed by atoms with Crippen molar-refractivity contribution >= 4 is 29.1 Å². The second kappa shape index (κ2) is 11.0. The van der Waals surface area contributed by atoms with E-state index in [2.05, 4.69) is 39.1 Å². The fraction of sp³-hybridized carbons (Fsp3) is 0.464. The van der Waals surface area contributed by atoms with Gasteiger partial charge in [-0.25, -0.2) is 0 Å². The van der Waals surface area contributed by atoms with Crippen LogP contribution >= 0.6 is 11.8 Å². The van der Waals surface area contributed by atoms with Crippen molar-refractivity contribution in [3.8, 4) is 0 Å². The Hall–Kier alpha value is -2.28. The Labute approximate surface area is 208 Å². The van der Waals surface area contributed by atoms with E-state index in [0.29, 0.717) is 0 Å². The van der Waals surface area contributed by atoms with E-state index in [9.17, 15) is 4.79 Å². The molecule has 0 unspecified atom stereocenters. The minimum atomic E-state index is -0.0540. The maximum absolute atomic E-state index is 12.7. The van der Waals surface area contributed by atoms with Crippen molar-refractivity contribution in [3.05, 3.63) is 60.2 Å². The second-order valence-electron chi connectivity index (χ2n) is 9.69. The summed E-state index contributed by atoms with van der Waals surface area (Å²) in [5.74, 6) is -0.0540. The van der Waals surface area contributed by atoms with E-state index >= 15 is 0 Å². The molecule has 2 aromatic rings. The Morgan fingerprint density at radius 2 is 1.82 bits per heavy atom. The molecule has 3 aliphatic rings. The summed E-state index contributed by atoms with van der Waals surface area (Å²) in [6.45, 7) is 11.4. The zero-order valence-electron chi connectivity index (χ0n) is 20.0. The average Bonchev–Trinajstić information content (AvgIpc) is 3.02. The number of anilines is 1. The number of amides is 1. The topological polar surface area (TPSA) is 47.6 Å². The van der Waals surface area contributed by atoms with Gasteiger partial charge in [-0.05, 0) is 94.7 Å². The highest BCUT2D eigenvalue weighted by molar-refractivity contribution is 7.99. The summed E-state index contributed by atoms with van der Waals surface area (Å²) in [6, 6.07) is 14.8. The highest BCUT2D eigenvalue weighted by Gasteiger charge is 2.25. The van der Waals surface area contributed by atoms with Crippen molar-refractivity contribution in [3.63, 3.8) is 0 Å². The first kappa shape index (κ1) is 23.5. The Bertz CT molecular complexity index is 1020. The molecule has 0 aromatic heterocycles. The molecule has 0 radical (unpaired) electrons. The molecule has 0 spiro atoms. The number of fused-ring (bicyclic) bond motifs is 2. The zero-order valence-corrected chi connectivity index (χ0v) is 20.8. The van der Waals surface area contributed by atoms with Crippen molar-refractivity contribution in [2.45, 2.75) is 54.4 Å². The van der Waals surface area contributed by atoms with Crippen LogP contribution in [0.2, 0.25) is 0 Å². The summed E-state index contributed by atoms with van der Waals surface area (Å²) in [5.41, 5.74) is 3.51. The molecule has 5 rings (SSSR count). The smallest absolute Gasteiger partial charge is 0.256 e. The standard InChI is InChI=1S/C28H36N4OS/c1-21(29-14-7-15-31-18-12-23(13-19-31)32-16-5-2-6-17-32)22-10-11-27-25(20-22)30-28(33)24-8-3-4-9-26(24)34-27/h3-4,8-11,20,23,29H,1-2,5-7,12-19H2,(H,30,33). The molecule has 34 heavy (non-hydrogen) atoms. The van der Waals surface area contributed by atoms with E-state index in [1.165, 1.54) is 58.3 Å². The van der Waals surface area contributed by atoms with Crippen molar-refractivity contribution in [1.82, 2.24) is 15.1 Å². The highest BCUT2D eigenvalue weighted by atomic mass is 32.2. The Morgan fingerprint density at radius 1 is 1.03 bits per heavy atom. The Kier molecular flexibility index (Phi) is 7.57. The van der Waals surface area contributed by atoms with Crippen LogP contribution in [-0.4, -0.2) is 61.0 Å². The number of carbonyl (C=O) groups excluding carboxylic acids is 1. The number of hydrogen-bond acceptors (Lipinski definition) is 5. The van der Waals surface area contributed by atoms with Crippen LogP contribution in [0.5, 0.6) is 0 Å². The Balaban J connectivity index is 1.07. The fourth-order valence-corrected chi connectivity index (χ4v) is 6.40. The van der Waals surface area contributed by atoms with Gasteiger partial charge in [0.05, 0.1) is 11.3 Å². The number of hydrogen-bond donors (Lipinski definition) is 2. The quantitative estimate of drug-likeness (QED) is 0.531. The molecular weight excluding hydrogens is 440 g/mol. The fourth-order valence-electron chi connectivity index (χ4n) is 5.39. The van der Waals surface area contributed by atoms with Gasteiger partial charge in [-0.3, -0.25) is 4.79 Å². The third-order valence-corrected chi connectivity index (χ3v) is 8.53. The zero-order chi connectivity index (χ0) is 23.3. The number of likely N-dealkylation sites (tertiary alicyclic amines) is 2. The van der Waals surface area contributed by atoms with E-state index in [0.717, 1.165) is 57.9 Å². The number of piperidine rings is 2. The minimum absolute atomic E-state index is 0.0540. The molecule has 3 aliphatic heterocycles. The summed E-state index contributed by atoms with van der Waals surface area (Å²) in [4.78, 5) is 20.1. The first-order valence-corrected chi connectivity index (χ1v) is 13.6. The lowest BCUT2D eigenvalue weighted by Crippen LogP contribution is -2.47. The van der Waals surface area contributed by atoms with Crippen molar-refractivity contribution < 1.29 is 4.79 Å². The van der Waals surface area contributed by atoms with Gasteiger partial charge in [0.2, 0.25) is 0 Å². The van der Waals surface area contributed by atoms with E-state index in [1.807, 2.05) is 30.3 Å². The van der Waals surface area contributed by atoms with Gasteiger partial charge in [0, 0.05) is 28.1 Å². The highest BCUT2D eigenvalue weighted by Crippen LogP contribution is 2.39. The third-order valence-electron chi connectivity index (χ3n) is 7.38. The number of carbonyl (C=O) groups is 1. The van der Waals surface area contributed by atoms with Crippen LogP contribution in [0.4, 0.5) is 5.69 Å². The molecule has 0 saturated carbocycles. The van der Waals surface area contributed by atoms with Gasteiger partial charge in [-0.15, -0.1) is 0 Å². The van der Waals surface area contributed by atoms with Gasteiger partial charge in [-0.1, -0.05) is 43.0 Å². The molecule has 0 bridgehead atoms. The van der Waals surface area contributed by atoms with E-state index in [4.69, 9.17) is 0 Å². The Morgan fingerprint density at radius 3 is 2.65 bits per heavy atom. The molecule has 6 heteroatoms. The van der Waals surface area contributed by atoms with E-state index in [-0.39, 0.29) is 5.91 Å². The summed E-state index contributed by atoms with van der Waals surface area (Å²) in [6.07, 6.45) is 7.95. The minimum Gasteiger partial charge on any atom is -0.385 e. The maximum Gasteiger partial charge on any atom is 0.256 e. The molecule has 2 fully saturated rings. The molecule has 1 amide bonds.